The molecule has 1 saturated heterocycles. The van der Waals surface area contributed by atoms with Crippen LogP contribution in [0.4, 0.5) is 0 Å². The first-order valence-corrected chi connectivity index (χ1v) is 11.6. The van der Waals surface area contributed by atoms with Gasteiger partial charge >= 0.3 is 0 Å². The van der Waals surface area contributed by atoms with Gasteiger partial charge < -0.3 is 4.90 Å². The molecule has 156 valence electrons. The fourth-order valence-electron chi connectivity index (χ4n) is 3.76. The maximum absolute atomic E-state index is 13.0. The normalized spacial score (nSPS) is 16.1. The van der Waals surface area contributed by atoms with Gasteiger partial charge in [-0.2, -0.15) is 4.31 Å². The van der Waals surface area contributed by atoms with Gasteiger partial charge in [-0.15, -0.1) is 0 Å². The van der Waals surface area contributed by atoms with E-state index < -0.39 is 10.0 Å². The Balaban J connectivity index is 1.59. The van der Waals surface area contributed by atoms with E-state index >= 15 is 0 Å². The second kappa shape index (κ2) is 9.09. The minimum absolute atomic E-state index is 0.0900. The summed E-state index contributed by atoms with van der Waals surface area (Å²) in [5.74, 6) is 0.326. The topological polar surface area (TPSA) is 57.7 Å². The SMILES string of the molecule is CC(C)c1ccc(S(=O)(=O)N2CCC(C(=O)N(C)Cc3ccccc3)CC2)cc1. The van der Waals surface area contributed by atoms with E-state index in [0.29, 0.717) is 43.3 Å². The van der Waals surface area contributed by atoms with Crippen LogP contribution in [0, 0.1) is 5.92 Å². The zero-order chi connectivity index (χ0) is 21.0. The number of nitrogens with zero attached hydrogens (tertiary/aromatic N) is 2. The summed E-state index contributed by atoms with van der Waals surface area (Å²) in [6.07, 6.45) is 1.11. The van der Waals surface area contributed by atoms with E-state index in [1.54, 1.807) is 17.0 Å². The summed E-state index contributed by atoms with van der Waals surface area (Å²) < 4.78 is 27.4. The van der Waals surface area contributed by atoms with Crippen molar-refractivity contribution in [3.05, 3.63) is 65.7 Å². The molecule has 1 fully saturated rings. The van der Waals surface area contributed by atoms with E-state index in [9.17, 15) is 13.2 Å². The number of carbonyl (C=O) groups excluding carboxylic acids is 1. The molecule has 0 unspecified atom stereocenters. The fraction of sp³-hybridized carbons (Fsp3) is 0.435. The Morgan fingerprint density at radius 1 is 1.03 bits per heavy atom. The van der Waals surface area contributed by atoms with Crippen LogP contribution in [-0.4, -0.2) is 43.7 Å². The summed E-state index contributed by atoms with van der Waals surface area (Å²) in [6, 6.07) is 17.0. The van der Waals surface area contributed by atoms with Crippen LogP contribution >= 0.6 is 0 Å². The van der Waals surface area contributed by atoms with Crippen molar-refractivity contribution in [1.29, 1.82) is 0 Å². The first kappa shape index (κ1) is 21.5. The lowest BCUT2D eigenvalue weighted by Crippen LogP contribution is -2.43. The molecule has 1 heterocycles. The summed E-state index contributed by atoms with van der Waals surface area (Å²) in [7, 11) is -1.70. The van der Waals surface area contributed by atoms with Gasteiger partial charge in [-0.3, -0.25) is 4.79 Å². The molecule has 2 aromatic rings. The predicted octanol–water partition coefficient (Wildman–Crippen LogP) is 3.87. The number of hydrogen-bond donors (Lipinski definition) is 0. The van der Waals surface area contributed by atoms with Crippen LogP contribution in [0.5, 0.6) is 0 Å². The van der Waals surface area contributed by atoms with Gasteiger partial charge in [0.2, 0.25) is 15.9 Å². The second-order valence-corrected chi connectivity index (χ2v) is 10.0. The molecule has 5 nitrogen and oxygen atoms in total. The molecule has 1 amide bonds. The number of piperidine rings is 1. The number of hydrogen-bond acceptors (Lipinski definition) is 3. The quantitative estimate of drug-likeness (QED) is 0.721. The van der Waals surface area contributed by atoms with Crippen molar-refractivity contribution < 1.29 is 13.2 Å². The van der Waals surface area contributed by atoms with Crippen LogP contribution in [0.2, 0.25) is 0 Å². The van der Waals surface area contributed by atoms with Gasteiger partial charge in [-0.25, -0.2) is 8.42 Å². The van der Waals surface area contributed by atoms with E-state index in [1.807, 2.05) is 49.5 Å². The molecule has 2 aromatic carbocycles. The summed E-state index contributed by atoms with van der Waals surface area (Å²) in [4.78, 5) is 14.9. The van der Waals surface area contributed by atoms with E-state index in [-0.39, 0.29) is 11.8 Å². The molecule has 0 spiro atoms. The molecular formula is C23H30N2O3S. The Bertz CT molecular complexity index is 916. The summed E-state index contributed by atoms with van der Waals surface area (Å²) in [5.41, 5.74) is 2.21. The van der Waals surface area contributed by atoms with E-state index in [1.165, 1.54) is 4.31 Å². The van der Waals surface area contributed by atoms with Gasteiger partial charge in [0.25, 0.3) is 0 Å². The maximum Gasteiger partial charge on any atom is 0.243 e. The Labute approximate surface area is 174 Å². The van der Waals surface area contributed by atoms with Crippen LogP contribution in [0.15, 0.2) is 59.5 Å². The molecule has 6 heteroatoms. The summed E-state index contributed by atoms with van der Waals surface area (Å²) in [6.45, 7) is 5.49. The minimum atomic E-state index is -3.51. The molecule has 0 atom stereocenters. The molecule has 29 heavy (non-hydrogen) atoms. The third-order valence-corrected chi connectivity index (χ3v) is 7.54. The van der Waals surface area contributed by atoms with Crippen molar-refractivity contribution in [2.24, 2.45) is 5.92 Å². The highest BCUT2D eigenvalue weighted by Crippen LogP contribution is 2.26. The van der Waals surface area contributed by atoms with E-state index in [2.05, 4.69) is 13.8 Å². The molecule has 1 aliphatic rings. The predicted molar refractivity (Wildman–Crippen MR) is 115 cm³/mol. The smallest absolute Gasteiger partial charge is 0.243 e. The van der Waals surface area contributed by atoms with Crippen LogP contribution in [0.25, 0.3) is 0 Å². The average Bonchev–Trinajstić information content (AvgIpc) is 2.74. The monoisotopic (exact) mass is 414 g/mol. The van der Waals surface area contributed by atoms with Gasteiger partial charge in [0, 0.05) is 32.6 Å². The van der Waals surface area contributed by atoms with Crippen molar-refractivity contribution >= 4 is 15.9 Å². The van der Waals surface area contributed by atoms with Crippen molar-refractivity contribution in [2.45, 2.75) is 44.0 Å². The average molecular weight is 415 g/mol. The molecule has 0 aromatic heterocycles. The highest BCUT2D eigenvalue weighted by atomic mass is 32.2. The van der Waals surface area contributed by atoms with Crippen molar-refractivity contribution in [3.8, 4) is 0 Å². The molecule has 0 saturated carbocycles. The van der Waals surface area contributed by atoms with E-state index in [4.69, 9.17) is 0 Å². The first-order valence-electron chi connectivity index (χ1n) is 10.2. The number of amides is 1. The van der Waals surface area contributed by atoms with E-state index in [0.717, 1.165) is 11.1 Å². The lowest BCUT2D eigenvalue weighted by Gasteiger charge is -2.32. The lowest BCUT2D eigenvalue weighted by molar-refractivity contribution is -0.135. The van der Waals surface area contributed by atoms with Crippen LogP contribution < -0.4 is 0 Å². The Hall–Kier alpha value is -2.18. The largest absolute Gasteiger partial charge is 0.341 e. The Morgan fingerprint density at radius 2 is 1.62 bits per heavy atom. The molecule has 0 N–H and O–H groups in total. The first-order chi connectivity index (χ1) is 13.8. The van der Waals surface area contributed by atoms with Gasteiger partial charge in [-0.1, -0.05) is 56.3 Å². The number of carbonyl (C=O) groups is 1. The maximum atomic E-state index is 13.0. The highest BCUT2D eigenvalue weighted by Gasteiger charge is 2.33. The lowest BCUT2D eigenvalue weighted by atomic mass is 9.96. The van der Waals surface area contributed by atoms with Crippen molar-refractivity contribution in [2.75, 3.05) is 20.1 Å². The molecule has 0 radical (unpaired) electrons. The number of rotatable bonds is 6. The van der Waals surface area contributed by atoms with Gasteiger partial charge in [0.15, 0.2) is 0 Å². The third-order valence-electron chi connectivity index (χ3n) is 5.63. The summed E-state index contributed by atoms with van der Waals surface area (Å²) in [5, 5.41) is 0. The van der Waals surface area contributed by atoms with Gasteiger partial charge in [0.1, 0.15) is 0 Å². The van der Waals surface area contributed by atoms with Gasteiger partial charge in [0.05, 0.1) is 4.90 Å². The van der Waals surface area contributed by atoms with Gasteiger partial charge in [-0.05, 0) is 42.0 Å². The number of benzene rings is 2. The molecule has 0 bridgehead atoms. The second-order valence-electron chi connectivity index (χ2n) is 8.08. The van der Waals surface area contributed by atoms with Crippen LogP contribution in [0.3, 0.4) is 0 Å². The molecule has 3 rings (SSSR count). The standard InChI is InChI=1S/C23H30N2O3S/c1-18(2)20-9-11-22(12-10-20)29(27,28)25-15-13-21(14-16-25)23(26)24(3)17-19-7-5-4-6-8-19/h4-12,18,21H,13-17H2,1-3H3. The van der Waals surface area contributed by atoms with Crippen LogP contribution in [-0.2, 0) is 21.4 Å². The summed E-state index contributed by atoms with van der Waals surface area (Å²) >= 11 is 0. The third kappa shape index (κ3) is 5.06. The minimum Gasteiger partial charge on any atom is -0.341 e. The van der Waals surface area contributed by atoms with Crippen molar-refractivity contribution in [1.82, 2.24) is 9.21 Å². The number of sulfonamides is 1. The Kier molecular flexibility index (Phi) is 6.75. The Morgan fingerprint density at radius 3 is 2.17 bits per heavy atom. The van der Waals surface area contributed by atoms with Crippen LogP contribution in [0.1, 0.15) is 43.7 Å². The molecule has 1 aliphatic heterocycles. The zero-order valence-electron chi connectivity index (χ0n) is 17.4. The van der Waals surface area contributed by atoms with Crippen molar-refractivity contribution in [3.63, 3.8) is 0 Å². The highest BCUT2D eigenvalue weighted by molar-refractivity contribution is 7.89. The fourth-order valence-corrected chi connectivity index (χ4v) is 5.23. The molecule has 0 aliphatic carbocycles. The zero-order valence-corrected chi connectivity index (χ0v) is 18.2. The molecular weight excluding hydrogens is 384 g/mol.